The van der Waals surface area contributed by atoms with Crippen molar-refractivity contribution in [1.29, 1.82) is 0 Å². The van der Waals surface area contributed by atoms with Crippen LogP contribution in [0.3, 0.4) is 0 Å². The number of aromatic amines is 2. The lowest BCUT2D eigenvalue weighted by Crippen LogP contribution is -2.15. The molecule has 0 atom stereocenters. The predicted molar refractivity (Wildman–Crippen MR) is 55.9 cm³/mol. The van der Waals surface area contributed by atoms with Crippen molar-refractivity contribution in [3.63, 3.8) is 0 Å². The number of anilines is 2. The monoisotopic (exact) mass is 191 g/mol. The first-order valence-corrected chi connectivity index (χ1v) is 4.39. The number of nitrogen functional groups attached to an aromatic ring is 1. The van der Waals surface area contributed by atoms with Crippen molar-refractivity contribution < 1.29 is 0 Å². The van der Waals surface area contributed by atoms with Gasteiger partial charge in [0.15, 0.2) is 0 Å². The SMILES string of the molecule is CN(Cc1cc(N)n[nH]1)c1cc[nH]c1. The van der Waals surface area contributed by atoms with Gasteiger partial charge in [-0.25, -0.2) is 0 Å². The van der Waals surface area contributed by atoms with Crippen LogP contribution in [-0.4, -0.2) is 22.2 Å². The fraction of sp³-hybridized carbons (Fsp3) is 0.222. The van der Waals surface area contributed by atoms with Gasteiger partial charge in [0.25, 0.3) is 0 Å². The maximum absolute atomic E-state index is 5.51. The van der Waals surface area contributed by atoms with Gasteiger partial charge in [-0.3, -0.25) is 5.10 Å². The molecule has 4 N–H and O–H groups in total. The predicted octanol–water partition coefficient (Wildman–Crippen LogP) is 0.956. The summed E-state index contributed by atoms with van der Waals surface area (Å²) < 4.78 is 0. The Labute approximate surface area is 81.9 Å². The van der Waals surface area contributed by atoms with E-state index in [1.165, 1.54) is 0 Å². The second-order valence-corrected chi connectivity index (χ2v) is 3.24. The van der Waals surface area contributed by atoms with E-state index in [2.05, 4.69) is 20.1 Å². The van der Waals surface area contributed by atoms with Crippen LogP contribution in [0.4, 0.5) is 11.5 Å². The van der Waals surface area contributed by atoms with E-state index >= 15 is 0 Å². The Morgan fingerprint density at radius 1 is 1.57 bits per heavy atom. The molecular formula is C9H13N5. The van der Waals surface area contributed by atoms with Crippen molar-refractivity contribution in [2.24, 2.45) is 0 Å². The summed E-state index contributed by atoms with van der Waals surface area (Å²) in [6.07, 6.45) is 3.84. The topological polar surface area (TPSA) is 73.7 Å². The van der Waals surface area contributed by atoms with Crippen LogP contribution in [0.25, 0.3) is 0 Å². The van der Waals surface area contributed by atoms with Gasteiger partial charge in [-0.15, -0.1) is 0 Å². The lowest BCUT2D eigenvalue weighted by molar-refractivity contribution is 0.871. The summed E-state index contributed by atoms with van der Waals surface area (Å²) in [5.74, 6) is 0.530. The standard InChI is InChI=1S/C9H13N5/c1-14(8-2-3-11-5-8)6-7-4-9(10)13-12-7/h2-5,11H,6H2,1H3,(H3,10,12,13). The van der Waals surface area contributed by atoms with E-state index in [-0.39, 0.29) is 0 Å². The molecule has 0 saturated carbocycles. The second-order valence-electron chi connectivity index (χ2n) is 3.24. The van der Waals surface area contributed by atoms with E-state index in [4.69, 9.17) is 5.73 Å². The highest BCUT2D eigenvalue weighted by Gasteiger charge is 2.03. The summed E-state index contributed by atoms with van der Waals surface area (Å²) in [6.45, 7) is 0.766. The first kappa shape index (κ1) is 8.68. The van der Waals surface area contributed by atoms with Crippen molar-refractivity contribution in [2.75, 3.05) is 17.7 Å². The molecule has 0 aromatic carbocycles. The Balaban J connectivity index is 2.05. The fourth-order valence-electron chi connectivity index (χ4n) is 1.36. The van der Waals surface area contributed by atoms with Gasteiger partial charge in [-0.05, 0) is 6.07 Å². The van der Waals surface area contributed by atoms with Crippen molar-refractivity contribution in [1.82, 2.24) is 15.2 Å². The zero-order chi connectivity index (χ0) is 9.97. The van der Waals surface area contributed by atoms with Crippen LogP contribution < -0.4 is 10.6 Å². The van der Waals surface area contributed by atoms with Crippen LogP contribution >= 0.6 is 0 Å². The second kappa shape index (κ2) is 3.45. The van der Waals surface area contributed by atoms with Crippen LogP contribution in [0.1, 0.15) is 5.69 Å². The van der Waals surface area contributed by atoms with Crippen LogP contribution in [0, 0.1) is 0 Å². The van der Waals surface area contributed by atoms with E-state index in [0.717, 1.165) is 17.9 Å². The number of hydrogen-bond acceptors (Lipinski definition) is 3. The van der Waals surface area contributed by atoms with E-state index in [9.17, 15) is 0 Å². The summed E-state index contributed by atoms with van der Waals surface area (Å²) >= 11 is 0. The third kappa shape index (κ3) is 1.71. The molecule has 0 bridgehead atoms. The normalized spacial score (nSPS) is 10.4. The molecule has 0 fully saturated rings. The van der Waals surface area contributed by atoms with Gasteiger partial charge in [-0.1, -0.05) is 0 Å². The molecule has 2 aromatic rings. The molecule has 2 heterocycles. The summed E-state index contributed by atoms with van der Waals surface area (Å²) in [4.78, 5) is 5.11. The van der Waals surface area contributed by atoms with Gasteiger partial charge in [0.05, 0.1) is 17.9 Å². The molecule has 2 aromatic heterocycles. The zero-order valence-corrected chi connectivity index (χ0v) is 7.99. The molecule has 0 radical (unpaired) electrons. The third-order valence-electron chi connectivity index (χ3n) is 2.08. The summed E-state index contributed by atoms with van der Waals surface area (Å²) in [6, 6.07) is 3.85. The van der Waals surface area contributed by atoms with Gasteiger partial charge >= 0.3 is 0 Å². The van der Waals surface area contributed by atoms with Crippen molar-refractivity contribution in [3.8, 4) is 0 Å². The minimum absolute atomic E-state index is 0.530. The highest BCUT2D eigenvalue weighted by Crippen LogP contribution is 2.13. The molecule has 5 nitrogen and oxygen atoms in total. The smallest absolute Gasteiger partial charge is 0.145 e. The van der Waals surface area contributed by atoms with Crippen LogP contribution in [0.2, 0.25) is 0 Å². The molecule has 5 heteroatoms. The average molecular weight is 191 g/mol. The zero-order valence-electron chi connectivity index (χ0n) is 7.99. The van der Waals surface area contributed by atoms with Gasteiger partial charge < -0.3 is 15.6 Å². The Bertz CT molecular complexity index is 389. The van der Waals surface area contributed by atoms with E-state index in [0.29, 0.717) is 5.82 Å². The Morgan fingerprint density at radius 3 is 3.00 bits per heavy atom. The summed E-state index contributed by atoms with van der Waals surface area (Å²) in [5, 5.41) is 6.74. The summed E-state index contributed by atoms with van der Waals surface area (Å²) in [5.41, 5.74) is 7.65. The molecule has 0 spiro atoms. The lowest BCUT2D eigenvalue weighted by atomic mass is 10.3. The molecule has 0 unspecified atom stereocenters. The molecule has 2 rings (SSSR count). The maximum Gasteiger partial charge on any atom is 0.145 e. The van der Waals surface area contributed by atoms with Gasteiger partial charge in [0.1, 0.15) is 5.82 Å². The minimum atomic E-state index is 0.530. The van der Waals surface area contributed by atoms with Gasteiger partial charge in [0, 0.05) is 25.5 Å². The van der Waals surface area contributed by atoms with E-state index in [1.807, 2.05) is 31.6 Å². The van der Waals surface area contributed by atoms with E-state index in [1.54, 1.807) is 0 Å². The van der Waals surface area contributed by atoms with Crippen molar-refractivity contribution in [2.45, 2.75) is 6.54 Å². The number of rotatable bonds is 3. The highest BCUT2D eigenvalue weighted by molar-refractivity contribution is 5.44. The molecule has 0 aliphatic rings. The van der Waals surface area contributed by atoms with Crippen LogP contribution in [-0.2, 0) is 6.54 Å². The molecule has 0 aliphatic carbocycles. The maximum atomic E-state index is 5.51. The molecule has 14 heavy (non-hydrogen) atoms. The number of hydrogen-bond donors (Lipinski definition) is 3. The molecule has 0 amide bonds. The van der Waals surface area contributed by atoms with Crippen LogP contribution in [0.5, 0.6) is 0 Å². The average Bonchev–Trinajstić information content (AvgIpc) is 2.75. The van der Waals surface area contributed by atoms with Crippen molar-refractivity contribution >= 4 is 11.5 Å². The number of nitrogens with one attached hydrogen (secondary N) is 2. The fourth-order valence-corrected chi connectivity index (χ4v) is 1.36. The molecular weight excluding hydrogens is 178 g/mol. The van der Waals surface area contributed by atoms with E-state index < -0.39 is 0 Å². The number of aromatic nitrogens is 3. The first-order chi connectivity index (χ1) is 6.75. The lowest BCUT2D eigenvalue weighted by Gasteiger charge is -2.15. The largest absolute Gasteiger partial charge is 0.382 e. The summed E-state index contributed by atoms with van der Waals surface area (Å²) in [7, 11) is 2.01. The molecule has 0 saturated heterocycles. The minimum Gasteiger partial charge on any atom is -0.382 e. The Hall–Kier alpha value is -1.91. The molecule has 74 valence electrons. The van der Waals surface area contributed by atoms with Crippen molar-refractivity contribution in [3.05, 3.63) is 30.2 Å². The van der Waals surface area contributed by atoms with Gasteiger partial charge in [-0.2, -0.15) is 5.10 Å². The first-order valence-electron chi connectivity index (χ1n) is 4.39. The Morgan fingerprint density at radius 2 is 2.43 bits per heavy atom. The highest BCUT2D eigenvalue weighted by atomic mass is 15.2. The van der Waals surface area contributed by atoms with Gasteiger partial charge in [0.2, 0.25) is 0 Å². The van der Waals surface area contributed by atoms with Crippen LogP contribution in [0.15, 0.2) is 24.5 Å². The number of nitrogens with zero attached hydrogens (tertiary/aromatic N) is 2. The Kier molecular flexibility index (Phi) is 2.14. The number of nitrogens with two attached hydrogens (primary N) is 1. The third-order valence-corrected chi connectivity index (χ3v) is 2.08. The quantitative estimate of drug-likeness (QED) is 0.676. The number of H-pyrrole nitrogens is 2. The molecule has 0 aliphatic heterocycles.